The molecule has 1 aliphatic carbocycles. The molecule has 1 heterocycles. The molecule has 1 N–H and O–H groups in total. The minimum atomic E-state index is 0.196. The fraction of sp³-hybridized carbons (Fsp3) is 0.833. The normalized spacial score (nSPS) is 17.9. The van der Waals surface area contributed by atoms with E-state index >= 15 is 0 Å². The fourth-order valence-corrected chi connectivity index (χ4v) is 3.11. The average molecular weight is 292 g/mol. The second-order valence-corrected chi connectivity index (χ2v) is 7.56. The summed E-state index contributed by atoms with van der Waals surface area (Å²) in [5.74, 6) is 2.82. The number of aryl methyl sites for hydroxylation is 1. The van der Waals surface area contributed by atoms with Crippen LogP contribution in [0.4, 0.5) is 0 Å². The van der Waals surface area contributed by atoms with Gasteiger partial charge in [0.25, 0.3) is 0 Å². The van der Waals surface area contributed by atoms with Gasteiger partial charge in [-0.05, 0) is 39.7 Å². The number of hydrogen-bond acceptors (Lipinski definition) is 3. The molecule has 0 radical (unpaired) electrons. The van der Waals surface area contributed by atoms with Crippen molar-refractivity contribution in [1.82, 2.24) is 10.3 Å². The molecule has 0 bridgehead atoms. The maximum atomic E-state index is 5.92. The van der Waals surface area contributed by atoms with E-state index in [2.05, 4.69) is 31.1 Å². The number of nitrogens with zero attached hydrogens (tertiary/aromatic N) is 1. The second-order valence-electron chi connectivity index (χ2n) is 7.56. The lowest BCUT2D eigenvalue weighted by Gasteiger charge is -2.20. The summed E-state index contributed by atoms with van der Waals surface area (Å²) in [7, 11) is 0. The maximum Gasteiger partial charge on any atom is 0.194 e. The Bertz CT molecular complexity index is 398. The topological polar surface area (TPSA) is 38.1 Å². The van der Waals surface area contributed by atoms with Crippen molar-refractivity contribution in [3.63, 3.8) is 0 Å². The summed E-state index contributed by atoms with van der Waals surface area (Å²) in [4.78, 5) is 4.44. The highest BCUT2D eigenvalue weighted by atomic mass is 16.4. The number of oxazole rings is 1. The van der Waals surface area contributed by atoms with Crippen LogP contribution in [0.1, 0.15) is 77.4 Å². The lowest BCUT2D eigenvalue weighted by atomic mass is 9.96. The summed E-state index contributed by atoms with van der Waals surface area (Å²) in [5, 5.41) is 3.50. The maximum absolute atomic E-state index is 5.92. The molecule has 2 rings (SSSR count). The first kappa shape index (κ1) is 16.5. The van der Waals surface area contributed by atoms with Gasteiger partial charge in [-0.25, -0.2) is 4.98 Å². The Labute approximate surface area is 129 Å². The monoisotopic (exact) mass is 292 g/mol. The van der Waals surface area contributed by atoms with Gasteiger partial charge in [-0.1, -0.05) is 38.5 Å². The van der Waals surface area contributed by atoms with Gasteiger partial charge in [0.15, 0.2) is 5.89 Å². The van der Waals surface area contributed by atoms with Crippen molar-refractivity contribution in [2.75, 3.05) is 6.54 Å². The van der Waals surface area contributed by atoms with Crippen molar-refractivity contribution in [2.24, 2.45) is 5.92 Å². The van der Waals surface area contributed by atoms with Gasteiger partial charge in [0.05, 0.1) is 6.20 Å². The van der Waals surface area contributed by atoms with E-state index in [9.17, 15) is 0 Å². The molecule has 3 nitrogen and oxygen atoms in total. The zero-order valence-electron chi connectivity index (χ0n) is 14.1. The van der Waals surface area contributed by atoms with E-state index in [-0.39, 0.29) is 5.54 Å². The standard InChI is InChI=1S/C18H32N2O/c1-18(2,3)20-12-8-11-17-19-14-16(21-17)13-15-9-6-4-5-7-10-15/h14-15,20H,4-13H2,1-3H3. The fourth-order valence-electron chi connectivity index (χ4n) is 3.11. The lowest BCUT2D eigenvalue weighted by molar-refractivity contribution is 0.378. The molecule has 0 spiro atoms. The van der Waals surface area contributed by atoms with Gasteiger partial charge in [-0.3, -0.25) is 0 Å². The summed E-state index contributed by atoms with van der Waals surface area (Å²) in [5.41, 5.74) is 0.196. The highest BCUT2D eigenvalue weighted by Gasteiger charge is 2.15. The van der Waals surface area contributed by atoms with E-state index in [0.29, 0.717) is 0 Å². The van der Waals surface area contributed by atoms with E-state index in [1.807, 2.05) is 6.20 Å². The average Bonchev–Trinajstić information content (AvgIpc) is 2.68. The third-order valence-electron chi connectivity index (χ3n) is 4.29. The molecule has 0 aliphatic heterocycles. The zero-order chi connectivity index (χ0) is 15.1. The highest BCUT2D eigenvalue weighted by Crippen LogP contribution is 2.26. The van der Waals surface area contributed by atoms with Gasteiger partial charge in [-0.2, -0.15) is 0 Å². The van der Waals surface area contributed by atoms with Gasteiger partial charge >= 0.3 is 0 Å². The van der Waals surface area contributed by atoms with Crippen molar-refractivity contribution < 1.29 is 4.42 Å². The van der Waals surface area contributed by atoms with Crippen molar-refractivity contribution >= 4 is 0 Å². The van der Waals surface area contributed by atoms with Crippen molar-refractivity contribution in [3.8, 4) is 0 Å². The van der Waals surface area contributed by atoms with Gasteiger partial charge in [-0.15, -0.1) is 0 Å². The molecule has 0 unspecified atom stereocenters. The van der Waals surface area contributed by atoms with Crippen LogP contribution < -0.4 is 5.32 Å². The lowest BCUT2D eigenvalue weighted by Crippen LogP contribution is -2.36. The van der Waals surface area contributed by atoms with Crippen LogP contribution >= 0.6 is 0 Å². The predicted molar refractivity (Wildman–Crippen MR) is 87.5 cm³/mol. The number of aromatic nitrogens is 1. The Balaban J connectivity index is 1.70. The zero-order valence-corrected chi connectivity index (χ0v) is 14.1. The molecule has 0 aromatic carbocycles. The molecule has 1 aliphatic rings. The van der Waals surface area contributed by atoms with Gasteiger partial charge in [0.2, 0.25) is 0 Å². The first-order chi connectivity index (χ1) is 10.0. The molecular formula is C18H32N2O. The van der Waals surface area contributed by atoms with Crippen LogP contribution in [0.3, 0.4) is 0 Å². The highest BCUT2D eigenvalue weighted by molar-refractivity contribution is 4.96. The third kappa shape index (κ3) is 6.64. The molecule has 120 valence electrons. The summed E-state index contributed by atoms with van der Waals surface area (Å²) in [6.07, 6.45) is 13.4. The smallest absolute Gasteiger partial charge is 0.194 e. The first-order valence-corrected chi connectivity index (χ1v) is 8.71. The SMILES string of the molecule is CC(C)(C)NCCCc1ncc(CC2CCCCCC2)o1. The quantitative estimate of drug-likeness (QED) is 0.619. The van der Waals surface area contributed by atoms with Crippen LogP contribution in [0.25, 0.3) is 0 Å². The molecule has 1 aromatic heterocycles. The molecule has 1 fully saturated rings. The van der Waals surface area contributed by atoms with Crippen LogP contribution in [-0.2, 0) is 12.8 Å². The van der Waals surface area contributed by atoms with Crippen LogP contribution in [0.2, 0.25) is 0 Å². The van der Waals surface area contributed by atoms with Crippen molar-refractivity contribution in [3.05, 3.63) is 17.8 Å². The van der Waals surface area contributed by atoms with Gasteiger partial charge in [0.1, 0.15) is 5.76 Å². The van der Waals surface area contributed by atoms with E-state index < -0.39 is 0 Å². The Morgan fingerprint density at radius 3 is 2.57 bits per heavy atom. The Kier molecular flexibility index (Phi) is 6.28. The number of hydrogen-bond donors (Lipinski definition) is 1. The number of nitrogens with one attached hydrogen (secondary N) is 1. The molecule has 0 saturated heterocycles. The largest absolute Gasteiger partial charge is 0.446 e. The van der Waals surface area contributed by atoms with E-state index in [1.165, 1.54) is 38.5 Å². The molecule has 0 amide bonds. The summed E-state index contributed by atoms with van der Waals surface area (Å²) < 4.78 is 5.92. The van der Waals surface area contributed by atoms with Gasteiger partial charge in [0, 0.05) is 18.4 Å². The molecule has 1 saturated carbocycles. The summed E-state index contributed by atoms with van der Waals surface area (Å²) in [6.45, 7) is 7.61. The van der Waals surface area contributed by atoms with Crippen LogP contribution in [0.15, 0.2) is 10.6 Å². The molecule has 0 atom stereocenters. The Hall–Kier alpha value is -0.830. The summed E-state index contributed by atoms with van der Waals surface area (Å²) in [6, 6.07) is 0. The van der Waals surface area contributed by atoms with Crippen molar-refractivity contribution in [1.29, 1.82) is 0 Å². The van der Waals surface area contributed by atoms with E-state index in [4.69, 9.17) is 4.42 Å². The van der Waals surface area contributed by atoms with E-state index in [1.54, 1.807) is 0 Å². The molecular weight excluding hydrogens is 260 g/mol. The second kappa shape index (κ2) is 7.98. The summed E-state index contributed by atoms with van der Waals surface area (Å²) >= 11 is 0. The molecule has 21 heavy (non-hydrogen) atoms. The Morgan fingerprint density at radius 1 is 1.19 bits per heavy atom. The number of rotatable bonds is 6. The van der Waals surface area contributed by atoms with Crippen LogP contribution in [-0.4, -0.2) is 17.1 Å². The Morgan fingerprint density at radius 2 is 1.90 bits per heavy atom. The van der Waals surface area contributed by atoms with Crippen molar-refractivity contribution in [2.45, 2.75) is 84.1 Å². The molecule has 1 aromatic rings. The van der Waals surface area contributed by atoms with Crippen LogP contribution in [0, 0.1) is 5.92 Å². The molecule has 3 heteroatoms. The van der Waals surface area contributed by atoms with E-state index in [0.717, 1.165) is 43.4 Å². The first-order valence-electron chi connectivity index (χ1n) is 8.71. The predicted octanol–water partition coefficient (Wildman–Crippen LogP) is 4.51. The third-order valence-corrected chi connectivity index (χ3v) is 4.29. The van der Waals surface area contributed by atoms with Crippen LogP contribution in [0.5, 0.6) is 0 Å². The van der Waals surface area contributed by atoms with Gasteiger partial charge < -0.3 is 9.73 Å². The minimum Gasteiger partial charge on any atom is -0.446 e. The minimum absolute atomic E-state index is 0.196.